The van der Waals surface area contributed by atoms with E-state index in [1.165, 1.54) is 30.5 Å². The first-order valence-electron chi connectivity index (χ1n) is 14.6. The molecule has 0 aliphatic carbocycles. The van der Waals surface area contributed by atoms with Crippen LogP contribution in [0.5, 0.6) is 5.75 Å². The summed E-state index contributed by atoms with van der Waals surface area (Å²) in [6, 6.07) is 19.5. The molecule has 4 nitrogen and oxygen atoms in total. The molecule has 3 heterocycles. The highest BCUT2D eigenvalue weighted by Crippen LogP contribution is 2.37. The number of benzene rings is 3. The van der Waals surface area contributed by atoms with Crippen LogP contribution in [0.2, 0.25) is 10.0 Å². The molecule has 0 N–H and O–H groups in total. The Morgan fingerprint density at radius 2 is 1.60 bits per heavy atom. The number of piperazine rings is 1. The van der Waals surface area contributed by atoms with E-state index in [2.05, 4.69) is 50.4 Å². The van der Waals surface area contributed by atoms with Crippen molar-refractivity contribution in [3.05, 3.63) is 88.0 Å². The fourth-order valence-electron chi connectivity index (χ4n) is 6.61. The fourth-order valence-corrected chi connectivity index (χ4v) is 7.13. The van der Waals surface area contributed by atoms with Crippen molar-refractivity contribution in [1.29, 1.82) is 0 Å². The Morgan fingerprint density at radius 3 is 2.24 bits per heavy atom. The summed E-state index contributed by atoms with van der Waals surface area (Å²) < 4.78 is 44.4. The molecule has 1 aromatic heterocycles. The van der Waals surface area contributed by atoms with Gasteiger partial charge in [-0.2, -0.15) is 0 Å². The van der Waals surface area contributed by atoms with Crippen molar-refractivity contribution >= 4 is 34.1 Å². The average molecular weight is 617 g/mol. The van der Waals surface area contributed by atoms with Gasteiger partial charge in [0.1, 0.15) is 5.75 Å². The molecular weight excluding hydrogens is 582 g/mol. The summed E-state index contributed by atoms with van der Waals surface area (Å²) in [4.78, 5) is 5.12. The van der Waals surface area contributed by atoms with Gasteiger partial charge in [0.25, 0.3) is 0 Å². The van der Waals surface area contributed by atoms with E-state index in [-0.39, 0.29) is 5.75 Å². The molecule has 42 heavy (non-hydrogen) atoms. The Bertz CT molecular complexity index is 1520. The molecule has 2 bridgehead atoms. The first-order chi connectivity index (χ1) is 20.2. The van der Waals surface area contributed by atoms with Crippen molar-refractivity contribution < 1.29 is 17.9 Å². The molecule has 2 atom stereocenters. The van der Waals surface area contributed by atoms with Crippen LogP contribution in [0.15, 0.2) is 66.9 Å². The maximum atomic E-state index is 12.7. The van der Waals surface area contributed by atoms with Crippen LogP contribution in [0, 0.1) is 0 Å². The zero-order chi connectivity index (χ0) is 29.4. The zero-order valence-electron chi connectivity index (χ0n) is 23.5. The lowest BCUT2D eigenvalue weighted by atomic mass is 10.0. The van der Waals surface area contributed by atoms with Gasteiger partial charge in [-0.1, -0.05) is 60.8 Å². The third-order valence-corrected chi connectivity index (χ3v) is 9.32. The number of ether oxygens (including phenoxy) is 1. The number of halogens is 5. The topological polar surface area (TPSA) is 20.6 Å². The second kappa shape index (κ2) is 12.1. The van der Waals surface area contributed by atoms with E-state index in [1.807, 2.05) is 18.2 Å². The van der Waals surface area contributed by atoms with Crippen molar-refractivity contribution in [2.75, 3.05) is 13.1 Å². The molecule has 2 aliphatic rings. The van der Waals surface area contributed by atoms with Crippen molar-refractivity contribution in [1.82, 2.24) is 14.4 Å². The van der Waals surface area contributed by atoms with E-state index < -0.39 is 6.36 Å². The number of hydrogen-bond acceptors (Lipinski definition) is 3. The third-order valence-electron chi connectivity index (χ3n) is 8.61. The van der Waals surface area contributed by atoms with Gasteiger partial charge in [-0.25, -0.2) is 0 Å². The van der Waals surface area contributed by atoms with Crippen molar-refractivity contribution in [3.8, 4) is 16.9 Å². The summed E-state index contributed by atoms with van der Waals surface area (Å²) in [5, 5.41) is 2.56. The predicted molar refractivity (Wildman–Crippen MR) is 163 cm³/mol. The SMILES string of the molecule is CCCCn1cc(-c2ccc(OC(F)(F)F)cc2)c2cc(CN3CC4CCC(C3)N4Cc3c(Cl)cccc3Cl)ccc21. The molecule has 222 valence electrons. The fraction of sp³-hybridized carbons (Fsp3) is 0.394. The number of fused-ring (bicyclic) bond motifs is 3. The number of nitrogens with zero attached hydrogens (tertiary/aromatic N) is 3. The van der Waals surface area contributed by atoms with E-state index in [9.17, 15) is 13.2 Å². The molecule has 2 aliphatic heterocycles. The molecule has 2 unspecified atom stereocenters. The molecule has 9 heteroatoms. The van der Waals surface area contributed by atoms with Gasteiger partial charge in [0.2, 0.25) is 0 Å². The highest BCUT2D eigenvalue weighted by Gasteiger charge is 2.40. The van der Waals surface area contributed by atoms with Gasteiger partial charge < -0.3 is 9.30 Å². The largest absolute Gasteiger partial charge is 0.573 e. The standard InChI is InChI=1S/C33H34Cl2F3N3O/c1-2-3-15-40-20-28(23-8-12-26(13-9-23)42-33(36,37)38)27-16-22(7-14-32(27)40)17-39-18-24-10-11-25(19-39)41(24)21-29-30(34)5-4-6-31(29)35/h4-9,12-14,16,20,24-25H,2-3,10-11,15,17-19,21H2,1H3. The van der Waals surface area contributed by atoms with Crippen LogP contribution in [-0.2, 0) is 19.6 Å². The van der Waals surface area contributed by atoms with Crippen LogP contribution >= 0.6 is 23.2 Å². The van der Waals surface area contributed by atoms with Crippen LogP contribution in [0.1, 0.15) is 43.7 Å². The minimum absolute atomic E-state index is 0.216. The highest BCUT2D eigenvalue weighted by atomic mass is 35.5. The summed E-state index contributed by atoms with van der Waals surface area (Å²) in [6.45, 7) is 6.66. The number of hydrogen-bond donors (Lipinski definition) is 0. The number of unbranched alkanes of at least 4 members (excludes halogenated alkanes) is 1. The first kappa shape index (κ1) is 29.4. The van der Waals surface area contributed by atoms with Crippen LogP contribution in [-0.4, -0.2) is 45.9 Å². The minimum atomic E-state index is -4.71. The smallest absolute Gasteiger partial charge is 0.406 e. The maximum absolute atomic E-state index is 12.7. The maximum Gasteiger partial charge on any atom is 0.573 e. The Kier molecular flexibility index (Phi) is 8.47. The Labute approximate surface area is 254 Å². The van der Waals surface area contributed by atoms with Gasteiger partial charge >= 0.3 is 6.36 Å². The Balaban J connectivity index is 1.22. The van der Waals surface area contributed by atoms with Crippen LogP contribution in [0.4, 0.5) is 13.2 Å². The van der Waals surface area contributed by atoms with Crippen molar-refractivity contribution in [2.45, 2.75) is 70.7 Å². The molecular formula is C33H34Cl2F3N3O. The predicted octanol–water partition coefficient (Wildman–Crippen LogP) is 9.16. The van der Waals surface area contributed by atoms with E-state index in [1.54, 1.807) is 12.1 Å². The van der Waals surface area contributed by atoms with Gasteiger partial charge in [-0.3, -0.25) is 9.80 Å². The lowest BCUT2D eigenvalue weighted by molar-refractivity contribution is -0.274. The van der Waals surface area contributed by atoms with Crippen LogP contribution in [0.25, 0.3) is 22.0 Å². The first-order valence-corrected chi connectivity index (χ1v) is 15.3. The highest BCUT2D eigenvalue weighted by molar-refractivity contribution is 6.35. The second-order valence-corrected chi connectivity index (χ2v) is 12.3. The molecule has 2 saturated heterocycles. The summed E-state index contributed by atoms with van der Waals surface area (Å²) >= 11 is 13.0. The van der Waals surface area contributed by atoms with Gasteiger partial charge in [-0.15, -0.1) is 13.2 Å². The van der Waals surface area contributed by atoms with Gasteiger partial charge in [0.05, 0.1) is 0 Å². The number of rotatable bonds is 9. The molecule has 0 radical (unpaired) electrons. The zero-order valence-corrected chi connectivity index (χ0v) is 25.0. The molecule has 3 aromatic carbocycles. The number of aryl methyl sites for hydroxylation is 1. The van der Waals surface area contributed by atoms with E-state index >= 15 is 0 Å². The molecule has 2 fully saturated rings. The van der Waals surface area contributed by atoms with Gasteiger partial charge in [0, 0.05) is 83.1 Å². The molecule has 0 amide bonds. The van der Waals surface area contributed by atoms with Crippen LogP contribution in [0.3, 0.4) is 0 Å². The van der Waals surface area contributed by atoms with E-state index in [0.717, 1.165) is 83.2 Å². The van der Waals surface area contributed by atoms with E-state index in [0.29, 0.717) is 12.1 Å². The Hall–Kier alpha value is -2.71. The van der Waals surface area contributed by atoms with Gasteiger partial charge in [0.15, 0.2) is 0 Å². The number of aromatic nitrogens is 1. The third kappa shape index (κ3) is 6.30. The van der Waals surface area contributed by atoms with Crippen molar-refractivity contribution in [2.24, 2.45) is 0 Å². The van der Waals surface area contributed by atoms with Gasteiger partial charge in [-0.05, 0) is 66.8 Å². The van der Waals surface area contributed by atoms with Crippen LogP contribution < -0.4 is 4.74 Å². The quantitative estimate of drug-likeness (QED) is 0.187. The molecule has 0 saturated carbocycles. The average Bonchev–Trinajstić information content (AvgIpc) is 3.41. The lowest BCUT2D eigenvalue weighted by Gasteiger charge is -2.41. The Morgan fingerprint density at radius 1 is 0.905 bits per heavy atom. The summed E-state index contributed by atoms with van der Waals surface area (Å²) in [5.41, 5.74) is 5.26. The molecule has 0 spiro atoms. The minimum Gasteiger partial charge on any atom is -0.406 e. The summed E-state index contributed by atoms with van der Waals surface area (Å²) in [6.07, 6.45) is 1.88. The monoisotopic (exact) mass is 615 g/mol. The number of alkyl halides is 3. The summed E-state index contributed by atoms with van der Waals surface area (Å²) in [5.74, 6) is -0.216. The molecule has 4 aromatic rings. The molecule has 6 rings (SSSR count). The second-order valence-electron chi connectivity index (χ2n) is 11.5. The summed E-state index contributed by atoms with van der Waals surface area (Å²) in [7, 11) is 0. The van der Waals surface area contributed by atoms with Crippen molar-refractivity contribution in [3.63, 3.8) is 0 Å². The number of likely N-dealkylation sites (tertiary alicyclic amines) is 1. The normalized spacial score (nSPS) is 19.6. The van der Waals surface area contributed by atoms with E-state index in [4.69, 9.17) is 23.2 Å². The lowest BCUT2D eigenvalue weighted by Crippen LogP contribution is -2.52.